The van der Waals surface area contributed by atoms with Gasteiger partial charge in [0.05, 0.1) is 24.1 Å². The van der Waals surface area contributed by atoms with Gasteiger partial charge in [-0.25, -0.2) is 32.5 Å². The highest BCUT2D eigenvalue weighted by Gasteiger charge is 2.26. The molecule has 0 spiro atoms. The molecule has 1 aliphatic heterocycles. The Morgan fingerprint density at radius 1 is 1.09 bits per heavy atom. The van der Waals surface area contributed by atoms with Crippen molar-refractivity contribution in [2.45, 2.75) is 30.7 Å². The van der Waals surface area contributed by atoms with E-state index in [1.807, 2.05) is 4.90 Å². The molecule has 0 aliphatic carbocycles. The summed E-state index contributed by atoms with van der Waals surface area (Å²) in [5.74, 6) is -0.218. The summed E-state index contributed by atoms with van der Waals surface area (Å²) in [5.41, 5.74) is -0.941. The molecule has 0 amide bonds. The van der Waals surface area contributed by atoms with Crippen LogP contribution < -0.4 is 20.7 Å². The number of hydrogen-bond donors (Lipinski definition) is 1. The van der Waals surface area contributed by atoms with Crippen molar-refractivity contribution in [2.24, 2.45) is 7.05 Å². The van der Waals surface area contributed by atoms with Gasteiger partial charge in [-0.3, -0.25) is 14.2 Å². The molecule has 1 N–H and O–H groups in total. The average molecular weight is 463 g/mol. The van der Waals surface area contributed by atoms with Gasteiger partial charge in [0.25, 0.3) is 0 Å². The van der Waals surface area contributed by atoms with E-state index in [2.05, 4.69) is 19.7 Å². The lowest BCUT2D eigenvalue weighted by Crippen LogP contribution is -2.45. The van der Waals surface area contributed by atoms with Crippen LogP contribution >= 0.6 is 0 Å². The van der Waals surface area contributed by atoms with Crippen LogP contribution in [0.25, 0.3) is 11.2 Å². The number of aryl methyl sites for hydroxylation is 1. The van der Waals surface area contributed by atoms with Crippen molar-refractivity contribution in [1.29, 1.82) is 0 Å². The standard InChI is InChI=1S/C19H22FN7O4S/c1-3-24-32(30,31)14-10-22-19(23-11-14)26-6-4-13(5-7-26)27-16-15(8-12(20)9-21-16)25(2)17(28)18(27)29/h8-11,13,24H,3-7H2,1-2H3. The molecule has 32 heavy (non-hydrogen) atoms. The minimum absolute atomic E-state index is 0.0190. The summed E-state index contributed by atoms with van der Waals surface area (Å²) in [6.07, 6.45) is 4.53. The van der Waals surface area contributed by atoms with Crippen molar-refractivity contribution in [3.05, 3.63) is 51.2 Å². The summed E-state index contributed by atoms with van der Waals surface area (Å²) >= 11 is 0. The van der Waals surface area contributed by atoms with Gasteiger partial charge in [0.2, 0.25) is 16.0 Å². The predicted octanol–water partition coefficient (Wildman–Crippen LogP) is 0.164. The third kappa shape index (κ3) is 3.88. The van der Waals surface area contributed by atoms with Crippen LogP contribution in [-0.2, 0) is 17.1 Å². The summed E-state index contributed by atoms with van der Waals surface area (Å²) in [4.78, 5) is 39.4. The van der Waals surface area contributed by atoms with Gasteiger partial charge in [0.15, 0.2) is 5.65 Å². The van der Waals surface area contributed by atoms with Gasteiger partial charge in [-0.05, 0) is 12.8 Å². The Kier molecular flexibility index (Phi) is 5.77. The summed E-state index contributed by atoms with van der Waals surface area (Å²) in [6, 6.07) is 0.882. The second-order valence-corrected chi connectivity index (χ2v) is 9.24. The normalized spacial score (nSPS) is 15.4. The first-order valence-corrected chi connectivity index (χ1v) is 11.5. The van der Waals surface area contributed by atoms with E-state index in [4.69, 9.17) is 0 Å². The van der Waals surface area contributed by atoms with E-state index in [1.165, 1.54) is 30.1 Å². The Morgan fingerprint density at radius 3 is 2.38 bits per heavy atom. The molecule has 4 rings (SSSR count). The number of nitrogens with one attached hydrogen (secondary N) is 1. The minimum Gasteiger partial charge on any atom is -0.341 e. The second kappa shape index (κ2) is 8.39. The monoisotopic (exact) mass is 463 g/mol. The first-order chi connectivity index (χ1) is 15.2. The van der Waals surface area contributed by atoms with Crippen LogP contribution in [0.1, 0.15) is 25.8 Å². The van der Waals surface area contributed by atoms with Gasteiger partial charge < -0.3 is 9.47 Å². The van der Waals surface area contributed by atoms with Crippen LogP contribution in [-0.4, -0.2) is 52.1 Å². The molecule has 0 unspecified atom stereocenters. The van der Waals surface area contributed by atoms with Crippen molar-refractivity contribution in [3.63, 3.8) is 0 Å². The number of anilines is 1. The molecule has 170 valence electrons. The number of nitrogens with zero attached hydrogens (tertiary/aromatic N) is 6. The van der Waals surface area contributed by atoms with E-state index in [1.54, 1.807) is 6.92 Å². The molecule has 1 saturated heterocycles. The molecule has 3 aromatic rings. The summed E-state index contributed by atoms with van der Waals surface area (Å²) in [6.45, 7) is 2.90. The number of pyridine rings is 1. The van der Waals surface area contributed by atoms with Gasteiger partial charge >= 0.3 is 11.1 Å². The lowest BCUT2D eigenvalue weighted by atomic mass is 10.0. The van der Waals surface area contributed by atoms with Crippen molar-refractivity contribution in [3.8, 4) is 0 Å². The highest BCUT2D eigenvalue weighted by Crippen LogP contribution is 2.26. The minimum atomic E-state index is -3.64. The van der Waals surface area contributed by atoms with Crippen molar-refractivity contribution < 1.29 is 12.8 Å². The summed E-state index contributed by atoms with van der Waals surface area (Å²) in [5, 5.41) is 0. The van der Waals surface area contributed by atoms with Crippen LogP contribution in [0.15, 0.2) is 39.1 Å². The predicted molar refractivity (Wildman–Crippen MR) is 115 cm³/mol. The molecule has 0 atom stereocenters. The molecular formula is C19H22FN7O4S. The molecular weight excluding hydrogens is 441 g/mol. The van der Waals surface area contributed by atoms with Crippen molar-refractivity contribution in [1.82, 2.24) is 28.8 Å². The number of sulfonamides is 1. The number of rotatable bonds is 5. The zero-order valence-electron chi connectivity index (χ0n) is 17.5. The van der Waals surface area contributed by atoms with Gasteiger partial charge in [-0.15, -0.1) is 0 Å². The Morgan fingerprint density at radius 2 is 1.75 bits per heavy atom. The van der Waals surface area contributed by atoms with E-state index >= 15 is 0 Å². The number of halogens is 1. The van der Waals surface area contributed by atoms with Crippen LogP contribution in [0.2, 0.25) is 0 Å². The molecule has 1 fully saturated rings. The number of hydrogen-bond acceptors (Lipinski definition) is 8. The lowest BCUT2D eigenvalue weighted by Gasteiger charge is -2.33. The van der Waals surface area contributed by atoms with Crippen LogP contribution in [0, 0.1) is 5.82 Å². The first-order valence-electron chi connectivity index (χ1n) is 10.1. The first kappa shape index (κ1) is 22.0. The molecule has 0 bridgehead atoms. The number of aromatic nitrogens is 5. The maximum atomic E-state index is 13.7. The topological polar surface area (TPSA) is 132 Å². The fraction of sp³-hybridized carbons (Fsp3) is 0.421. The zero-order chi connectivity index (χ0) is 23.0. The molecule has 13 heteroatoms. The van der Waals surface area contributed by atoms with E-state index in [-0.39, 0.29) is 28.6 Å². The average Bonchev–Trinajstić information content (AvgIpc) is 2.79. The molecule has 0 radical (unpaired) electrons. The van der Waals surface area contributed by atoms with Gasteiger partial charge in [-0.2, -0.15) is 0 Å². The molecule has 3 aromatic heterocycles. The summed E-state index contributed by atoms with van der Waals surface area (Å²) < 4.78 is 42.6. The third-order valence-electron chi connectivity index (χ3n) is 5.48. The maximum absolute atomic E-state index is 13.7. The van der Waals surface area contributed by atoms with E-state index < -0.39 is 27.0 Å². The van der Waals surface area contributed by atoms with Crippen LogP contribution in [0.3, 0.4) is 0 Å². The van der Waals surface area contributed by atoms with E-state index in [0.717, 1.165) is 10.8 Å². The number of piperidine rings is 1. The zero-order valence-corrected chi connectivity index (χ0v) is 18.3. The van der Waals surface area contributed by atoms with Gasteiger partial charge in [-0.1, -0.05) is 6.92 Å². The van der Waals surface area contributed by atoms with E-state index in [9.17, 15) is 22.4 Å². The Hall–Kier alpha value is -3.19. The molecule has 11 nitrogen and oxygen atoms in total. The van der Waals surface area contributed by atoms with E-state index in [0.29, 0.717) is 31.9 Å². The van der Waals surface area contributed by atoms with Crippen LogP contribution in [0.4, 0.5) is 10.3 Å². The smallest absolute Gasteiger partial charge is 0.318 e. The molecule has 0 aromatic carbocycles. The SMILES string of the molecule is CCNS(=O)(=O)c1cnc(N2CCC(n3c(=O)c(=O)n(C)c4cc(F)cnc43)CC2)nc1. The highest BCUT2D eigenvalue weighted by molar-refractivity contribution is 7.89. The Bertz CT molecular complexity index is 1380. The third-order valence-corrected chi connectivity index (χ3v) is 6.98. The van der Waals surface area contributed by atoms with Crippen LogP contribution in [0.5, 0.6) is 0 Å². The molecule has 0 saturated carbocycles. The fourth-order valence-electron chi connectivity index (χ4n) is 3.85. The number of fused-ring (bicyclic) bond motifs is 1. The van der Waals surface area contributed by atoms with Crippen molar-refractivity contribution >= 4 is 27.1 Å². The quantitative estimate of drug-likeness (QED) is 0.530. The van der Waals surface area contributed by atoms with Gasteiger partial charge in [0, 0.05) is 38.8 Å². The highest BCUT2D eigenvalue weighted by atomic mass is 32.2. The Balaban J connectivity index is 1.58. The molecule has 1 aliphatic rings. The maximum Gasteiger partial charge on any atom is 0.318 e. The van der Waals surface area contributed by atoms with Crippen molar-refractivity contribution in [2.75, 3.05) is 24.5 Å². The van der Waals surface area contributed by atoms with Gasteiger partial charge in [0.1, 0.15) is 10.7 Å². The second-order valence-electron chi connectivity index (χ2n) is 7.47. The lowest BCUT2D eigenvalue weighted by molar-refractivity contribution is 0.389. The fourth-order valence-corrected chi connectivity index (χ4v) is 4.78. The Labute approximate surface area is 182 Å². The molecule has 4 heterocycles. The largest absolute Gasteiger partial charge is 0.341 e. The summed E-state index contributed by atoms with van der Waals surface area (Å²) in [7, 11) is -2.22.